The summed E-state index contributed by atoms with van der Waals surface area (Å²) in [5.74, 6) is -1.38. The van der Waals surface area contributed by atoms with E-state index in [9.17, 15) is 18.0 Å². The van der Waals surface area contributed by atoms with Crippen molar-refractivity contribution >= 4 is 39.8 Å². The Morgan fingerprint density at radius 3 is 1.86 bits per heavy atom. The van der Waals surface area contributed by atoms with Gasteiger partial charge in [0.25, 0.3) is 0 Å². The first-order valence-corrected chi connectivity index (χ1v) is 12.9. The minimum Gasteiger partial charge on any atom is -0.382 e. The number of anilines is 1. The smallest absolute Gasteiger partial charge is 0.382 e. The number of benzene rings is 3. The summed E-state index contributed by atoms with van der Waals surface area (Å²) < 4.78 is 39.4. The molecule has 0 bridgehead atoms. The van der Waals surface area contributed by atoms with Crippen molar-refractivity contribution in [2.75, 3.05) is 5.32 Å². The molecule has 1 aliphatic rings. The highest BCUT2D eigenvalue weighted by molar-refractivity contribution is 6.30. The van der Waals surface area contributed by atoms with Gasteiger partial charge in [0, 0.05) is 39.1 Å². The van der Waals surface area contributed by atoms with Crippen LogP contribution in [0.25, 0.3) is 10.9 Å². The molecule has 8 heteroatoms. The zero-order chi connectivity index (χ0) is 26.2. The molecule has 1 aliphatic carbocycles. The Morgan fingerprint density at radius 1 is 0.784 bits per heavy atom. The highest BCUT2D eigenvalue weighted by Gasteiger charge is 2.41. The van der Waals surface area contributed by atoms with E-state index in [1.165, 1.54) is 6.07 Å². The Kier molecular flexibility index (Phi) is 7.24. The number of pyridine rings is 1. The van der Waals surface area contributed by atoms with Crippen LogP contribution < -0.4 is 10.9 Å². The number of halogens is 5. The van der Waals surface area contributed by atoms with Crippen molar-refractivity contribution in [3.05, 3.63) is 110 Å². The summed E-state index contributed by atoms with van der Waals surface area (Å²) in [5.41, 5.74) is 4.09. The van der Waals surface area contributed by atoms with Crippen LogP contribution in [0.2, 0.25) is 10.0 Å². The van der Waals surface area contributed by atoms with Crippen molar-refractivity contribution in [3.63, 3.8) is 0 Å². The Bertz CT molecular complexity index is 1400. The summed E-state index contributed by atoms with van der Waals surface area (Å²) in [4.78, 5) is 15.3. The molecular formula is C29H25Cl2F3N2O. The summed E-state index contributed by atoms with van der Waals surface area (Å²) in [5, 5.41) is 5.46. The molecule has 192 valence electrons. The van der Waals surface area contributed by atoms with Gasteiger partial charge in [-0.1, -0.05) is 53.5 Å². The van der Waals surface area contributed by atoms with Gasteiger partial charge in [-0.3, -0.25) is 4.79 Å². The van der Waals surface area contributed by atoms with Gasteiger partial charge in [-0.05, 0) is 78.8 Å². The number of aromatic nitrogens is 1. The van der Waals surface area contributed by atoms with E-state index in [-0.39, 0.29) is 30.4 Å². The van der Waals surface area contributed by atoms with E-state index in [0.29, 0.717) is 34.1 Å². The molecule has 4 aromatic rings. The molecule has 0 amide bonds. The van der Waals surface area contributed by atoms with E-state index in [0.717, 1.165) is 22.1 Å². The fraction of sp³-hybridized carbons (Fsp3) is 0.276. The second-order valence-corrected chi connectivity index (χ2v) is 10.5. The maximum absolute atomic E-state index is 13.1. The fourth-order valence-electron chi connectivity index (χ4n) is 5.24. The molecule has 0 spiro atoms. The topological polar surface area (TPSA) is 44.9 Å². The highest BCUT2D eigenvalue weighted by atomic mass is 35.5. The molecule has 3 nitrogen and oxygen atoms in total. The minimum atomic E-state index is -4.16. The third-order valence-electron chi connectivity index (χ3n) is 7.16. The molecule has 0 saturated heterocycles. The second-order valence-electron chi connectivity index (χ2n) is 9.62. The largest absolute Gasteiger partial charge is 0.391 e. The van der Waals surface area contributed by atoms with Gasteiger partial charge in [0.15, 0.2) is 0 Å². The summed E-state index contributed by atoms with van der Waals surface area (Å²) in [6.07, 6.45) is -3.19. The number of nitrogens with one attached hydrogen (secondary N) is 2. The Balaban J connectivity index is 1.53. The maximum Gasteiger partial charge on any atom is 0.391 e. The molecule has 1 aromatic heterocycles. The fourth-order valence-corrected chi connectivity index (χ4v) is 5.50. The van der Waals surface area contributed by atoms with Gasteiger partial charge >= 0.3 is 6.18 Å². The van der Waals surface area contributed by atoms with Crippen LogP contribution in [-0.4, -0.2) is 17.2 Å². The van der Waals surface area contributed by atoms with Gasteiger partial charge in [-0.25, -0.2) is 0 Å². The Labute approximate surface area is 222 Å². The highest BCUT2D eigenvalue weighted by Crippen LogP contribution is 2.39. The molecular weight excluding hydrogens is 520 g/mol. The van der Waals surface area contributed by atoms with E-state index in [4.69, 9.17) is 23.2 Å². The van der Waals surface area contributed by atoms with Crippen LogP contribution in [-0.2, 0) is 0 Å². The van der Waals surface area contributed by atoms with E-state index in [1.54, 1.807) is 0 Å². The second kappa shape index (κ2) is 10.4. The number of alkyl halides is 3. The van der Waals surface area contributed by atoms with Gasteiger partial charge in [0.1, 0.15) is 0 Å². The van der Waals surface area contributed by atoms with Crippen LogP contribution in [0.4, 0.5) is 18.9 Å². The number of rotatable bonds is 5. The number of hydrogen-bond acceptors (Lipinski definition) is 2. The molecule has 3 aromatic carbocycles. The molecule has 0 atom stereocenters. The average Bonchev–Trinajstić information content (AvgIpc) is 2.86. The first-order valence-electron chi connectivity index (χ1n) is 12.2. The number of aromatic amines is 1. The molecule has 0 aliphatic heterocycles. The molecule has 1 saturated carbocycles. The lowest BCUT2D eigenvalue weighted by atomic mass is 9.84. The summed E-state index contributed by atoms with van der Waals surface area (Å²) in [6, 6.07) is 22.6. The van der Waals surface area contributed by atoms with Crippen LogP contribution in [0.3, 0.4) is 0 Å². The van der Waals surface area contributed by atoms with Gasteiger partial charge in [0.05, 0.1) is 11.4 Å². The third-order valence-corrected chi connectivity index (χ3v) is 7.66. The molecule has 5 rings (SSSR count). The van der Waals surface area contributed by atoms with Crippen molar-refractivity contribution in [2.45, 2.75) is 43.8 Å². The quantitative estimate of drug-likeness (QED) is 0.247. The lowest BCUT2D eigenvalue weighted by molar-refractivity contribution is -0.182. The first kappa shape index (κ1) is 25.7. The lowest BCUT2D eigenvalue weighted by Gasteiger charge is -2.31. The predicted molar refractivity (Wildman–Crippen MR) is 144 cm³/mol. The zero-order valence-corrected chi connectivity index (χ0v) is 21.3. The molecule has 2 N–H and O–H groups in total. The van der Waals surface area contributed by atoms with Crippen molar-refractivity contribution in [1.82, 2.24) is 4.98 Å². The van der Waals surface area contributed by atoms with Crippen LogP contribution in [0.1, 0.15) is 48.3 Å². The summed E-state index contributed by atoms with van der Waals surface area (Å²) in [6.45, 7) is 0. The van der Waals surface area contributed by atoms with Gasteiger partial charge in [-0.2, -0.15) is 13.2 Å². The average molecular weight is 545 g/mol. The normalized spacial score (nSPS) is 18.3. The van der Waals surface area contributed by atoms with Crippen molar-refractivity contribution < 1.29 is 13.2 Å². The van der Waals surface area contributed by atoms with E-state index in [1.807, 2.05) is 66.7 Å². The maximum atomic E-state index is 13.1. The minimum absolute atomic E-state index is 0.0861. The molecule has 37 heavy (non-hydrogen) atoms. The number of fused-ring (bicyclic) bond motifs is 1. The van der Waals surface area contributed by atoms with Crippen molar-refractivity contribution in [3.8, 4) is 0 Å². The molecule has 0 unspecified atom stereocenters. The van der Waals surface area contributed by atoms with Crippen LogP contribution in [0.15, 0.2) is 77.6 Å². The standard InChI is InChI=1S/C29H25Cl2F3N2O/c30-21-8-1-17(2-9-21)28(18-3-10-22(31)11-4-18)19-5-14-25-24(15-19)26(16-27(37)36-25)35-23-12-6-20(7-13-23)29(32,33)34/h1-5,8-11,14-16,20,23,28H,6-7,12-13H2,(H2,35,36,37). The van der Waals surface area contributed by atoms with Crippen LogP contribution >= 0.6 is 23.2 Å². The van der Waals surface area contributed by atoms with Crippen LogP contribution in [0, 0.1) is 5.92 Å². The SMILES string of the molecule is O=c1cc(NC2CCC(C(F)(F)F)CC2)c2cc(C(c3ccc(Cl)cc3)c3ccc(Cl)cc3)ccc2[nH]1. The summed E-state index contributed by atoms with van der Waals surface area (Å²) >= 11 is 12.3. The Morgan fingerprint density at radius 2 is 1.32 bits per heavy atom. The predicted octanol–water partition coefficient (Wildman–Crippen LogP) is 8.55. The van der Waals surface area contributed by atoms with E-state index < -0.39 is 12.1 Å². The number of hydrogen-bond donors (Lipinski definition) is 2. The third kappa shape index (κ3) is 5.81. The number of H-pyrrole nitrogens is 1. The van der Waals surface area contributed by atoms with Gasteiger partial charge in [-0.15, -0.1) is 0 Å². The van der Waals surface area contributed by atoms with Gasteiger partial charge in [0.2, 0.25) is 5.56 Å². The molecule has 0 radical (unpaired) electrons. The first-order chi connectivity index (χ1) is 17.7. The zero-order valence-electron chi connectivity index (χ0n) is 19.8. The monoisotopic (exact) mass is 544 g/mol. The summed E-state index contributed by atoms with van der Waals surface area (Å²) in [7, 11) is 0. The van der Waals surface area contributed by atoms with Crippen molar-refractivity contribution in [1.29, 1.82) is 0 Å². The molecule has 1 heterocycles. The van der Waals surface area contributed by atoms with Crippen molar-refractivity contribution in [2.24, 2.45) is 5.92 Å². The van der Waals surface area contributed by atoms with E-state index in [2.05, 4.69) is 10.3 Å². The lowest BCUT2D eigenvalue weighted by Crippen LogP contribution is -2.33. The van der Waals surface area contributed by atoms with E-state index >= 15 is 0 Å². The molecule has 1 fully saturated rings. The van der Waals surface area contributed by atoms with Gasteiger partial charge < -0.3 is 10.3 Å². The Hall–Kier alpha value is -2.96. The van der Waals surface area contributed by atoms with Crippen LogP contribution in [0.5, 0.6) is 0 Å².